The summed E-state index contributed by atoms with van der Waals surface area (Å²) >= 11 is 1.67. The van der Waals surface area contributed by atoms with Gasteiger partial charge in [-0.1, -0.05) is 37.3 Å². The Kier molecular flexibility index (Phi) is 5.21. The summed E-state index contributed by atoms with van der Waals surface area (Å²) in [7, 11) is 0. The van der Waals surface area contributed by atoms with Gasteiger partial charge in [-0.2, -0.15) is 0 Å². The predicted molar refractivity (Wildman–Crippen MR) is 121 cm³/mol. The van der Waals surface area contributed by atoms with Gasteiger partial charge >= 0.3 is 5.97 Å². The summed E-state index contributed by atoms with van der Waals surface area (Å²) in [6.07, 6.45) is 0.525. The maximum Gasteiger partial charge on any atom is 0.343 e. The number of amides is 1. The lowest BCUT2D eigenvalue weighted by Crippen LogP contribution is -2.38. The molecule has 2 N–H and O–H groups in total. The minimum Gasteiger partial charge on any atom is -0.423 e. The number of nitrogens with zero attached hydrogens (tertiary/aromatic N) is 1. The lowest BCUT2D eigenvalue weighted by Gasteiger charge is -2.28. The Morgan fingerprint density at radius 3 is 2.81 bits per heavy atom. The first-order chi connectivity index (χ1) is 15.1. The van der Waals surface area contributed by atoms with Crippen molar-refractivity contribution in [1.82, 2.24) is 10.2 Å². The number of carbonyl (C=O) groups excluding carboxylic acids is 2. The van der Waals surface area contributed by atoms with Crippen LogP contribution >= 0.6 is 11.3 Å². The van der Waals surface area contributed by atoms with E-state index in [0.717, 1.165) is 42.2 Å². The predicted octanol–water partition coefficient (Wildman–Crippen LogP) is 4.20. The monoisotopic (exact) mass is 433 g/mol. The molecule has 0 spiro atoms. The minimum absolute atomic E-state index is 0.0483. The maximum atomic E-state index is 13.0. The smallest absolute Gasteiger partial charge is 0.343 e. The molecule has 0 saturated carbocycles. The van der Waals surface area contributed by atoms with Crippen molar-refractivity contribution in [2.75, 3.05) is 18.4 Å². The number of hydrogen-bond acceptors (Lipinski definition) is 6. The second-order valence-corrected chi connectivity index (χ2v) is 8.81. The van der Waals surface area contributed by atoms with Crippen LogP contribution in [0.4, 0.5) is 5.00 Å². The van der Waals surface area contributed by atoms with Crippen LogP contribution < -0.4 is 15.4 Å². The molecule has 2 aromatic carbocycles. The molecule has 158 valence electrons. The number of hydrogen-bond donors (Lipinski definition) is 2. The van der Waals surface area contributed by atoms with E-state index in [2.05, 4.69) is 22.5 Å². The number of esters is 1. The van der Waals surface area contributed by atoms with Gasteiger partial charge in [-0.3, -0.25) is 9.69 Å². The van der Waals surface area contributed by atoms with Crippen LogP contribution in [0.1, 0.15) is 49.8 Å². The molecule has 31 heavy (non-hydrogen) atoms. The number of nitrogens with one attached hydrogen (secondary N) is 2. The van der Waals surface area contributed by atoms with E-state index in [1.54, 1.807) is 47.7 Å². The summed E-state index contributed by atoms with van der Waals surface area (Å²) in [5.74, 6) is -0.0165. The third-order valence-electron chi connectivity index (χ3n) is 5.77. The SMILES string of the molecule is CCN1CCc2c(sc3c2C(=O)NC(c2cccc(OC(=O)c4ccccc4)c2)N3)C1. The number of anilines is 1. The molecular weight excluding hydrogens is 410 g/mol. The first kappa shape index (κ1) is 19.8. The van der Waals surface area contributed by atoms with Gasteiger partial charge in [0.2, 0.25) is 0 Å². The van der Waals surface area contributed by atoms with Crippen LogP contribution in [0.3, 0.4) is 0 Å². The summed E-state index contributed by atoms with van der Waals surface area (Å²) in [5.41, 5.74) is 3.29. The Bertz CT molecular complexity index is 1140. The van der Waals surface area contributed by atoms with Crippen molar-refractivity contribution in [2.24, 2.45) is 0 Å². The molecule has 0 fully saturated rings. The summed E-state index contributed by atoms with van der Waals surface area (Å²) < 4.78 is 5.54. The number of ether oxygens (including phenoxy) is 1. The number of carbonyl (C=O) groups is 2. The standard InChI is InChI=1S/C24H23N3O3S/c1-2-27-12-11-18-19(14-27)31-23-20(18)22(28)25-21(26-23)16-9-6-10-17(13-16)30-24(29)15-7-4-3-5-8-15/h3-10,13,21,26H,2,11-12,14H2,1H3,(H,25,28). The molecule has 1 atom stereocenters. The topological polar surface area (TPSA) is 70.7 Å². The summed E-state index contributed by atoms with van der Waals surface area (Å²) in [5, 5.41) is 7.46. The molecule has 7 heteroatoms. The summed E-state index contributed by atoms with van der Waals surface area (Å²) in [6.45, 7) is 5.06. The maximum absolute atomic E-state index is 13.0. The Morgan fingerprint density at radius 1 is 1.16 bits per heavy atom. The molecular formula is C24H23N3O3S. The van der Waals surface area contributed by atoms with Crippen molar-refractivity contribution in [3.05, 3.63) is 81.7 Å². The van der Waals surface area contributed by atoms with E-state index >= 15 is 0 Å². The Balaban J connectivity index is 1.37. The summed E-state index contributed by atoms with van der Waals surface area (Å²) in [4.78, 5) is 29.0. The quantitative estimate of drug-likeness (QED) is 0.477. The van der Waals surface area contributed by atoms with Crippen LogP contribution in [0.2, 0.25) is 0 Å². The molecule has 5 rings (SSSR count). The largest absolute Gasteiger partial charge is 0.423 e. The molecule has 3 aromatic rings. The van der Waals surface area contributed by atoms with Gasteiger partial charge in [0.15, 0.2) is 0 Å². The third kappa shape index (κ3) is 3.82. The van der Waals surface area contributed by atoms with Crippen LogP contribution in [0.15, 0.2) is 54.6 Å². The van der Waals surface area contributed by atoms with Gasteiger partial charge in [0.25, 0.3) is 5.91 Å². The van der Waals surface area contributed by atoms with Crippen molar-refractivity contribution < 1.29 is 14.3 Å². The second-order valence-electron chi connectivity index (χ2n) is 7.71. The lowest BCUT2D eigenvalue weighted by atomic mass is 10.0. The number of fused-ring (bicyclic) bond motifs is 3. The Morgan fingerprint density at radius 2 is 2.00 bits per heavy atom. The molecule has 1 unspecified atom stereocenters. The van der Waals surface area contributed by atoms with Gasteiger partial charge in [-0.05, 0) is 48.4 Å². The lowest BCUT2D eigenvalue weighted by molar-refractivity contribution is 0.0734. The molecule has 2 aliphatic rings. The molecule has 0 aliphatic carbocycles. The van der Waals surface area contributed by atoms with E-state index < -0.39 is 5.97 Å². The number of benzene rings is 2. The van der Waals surface area contributed by atoms with Gasteiger partial charge in [-0.25, -0.2) is 4.79 Å². The Labute approximate surface area is 184 Å². The van der Waals surface area contributed by atoms with Crippen LogP contribution in [0.25, 0.3) is 0 Å². The first-order valence-corrected chi connectivity index (χ1v) is 11.3. The summed E-state index contributed by atoms with van der Waals surface area (Å²) in [6, 6.07) is 16.1. The highest BCUT2D eigenvalue weighted by molar-refractivity contribution is 7.16. The third-order valence-corrected chi connectivity index (χ3v) is 6.92. The zero-order valence-corrected chi connectivity index (χ0v) is 18.0. The molecule has 0 radical (unpaired) electrons. The fraction of sp³-hybridized carbons (Fsp3) is 0.250. The van der Waals surface area contributed by atoms with Gasteiger partial charge in [0.1, 0.15) is 16.9 Å². The van der Waals surface area contributed by atoms with E-state index in [-0.39, 0.29) is 12.1 Å². The average Bonchev–Trinajstić information content (AvgIpc) is 3.17. The number of rotatable bonds is 4. The van der Waals surface area contributed by atoms with E-state index in [0.29, 0.717) is 11.3 Å². The van der Waals surface area contributed by atoms with Crippen LogP contribution in [0, 0.1) is 0 Å². The van der Waals surface area contributed by atoms with Crippen molar-refractivity contribution in [2.45, 2.75) is 26.1 Å². The van der Waals surface area contributed by atoms with E-state index in [4.69, 9.17) is 4.74 Å². The second kappa shape index (κ2) is 8.17. The zero-order valence-electron chi connectivity index (χ0n) is 17.2. The average molecular weight is 434 g/mol. The van der Waals surface area contributed by atoms with E-state index in [1.165, 1.54) is 10.4 Å². The van der Waals surface area contributed by atoms with Gasteiger partial charge < -0.3 is 15.4 Å². The van der Waals surface area contributed by atoms with Gasteiger partial charge in [0.05, 0.1) is 11.1 Å². The highest BCUT2D eigenvalue weighted by atomic mass is 32.1. The molecule has 3 heterocycles. The van der Waals surface area contributed by atoms with Crippen molar-refractivity contribution in [1.29, 1.82) is 0 Å². The van der Waals surface area contributed by atoms with Crippen molar-refractivity contribution >= 4 is 28.2 Å². The first-order valence-electron chi connectivity index (χ1n) is 10.4. The molecule has 1 amide bonds. The number of likely N-dealkylation sites (N-methyl/N-ethyl adjacent to an activating group) is 1. The zero-order chi connectivity index (χ0) is 21.4. The molecule has 2 aliphatic heterocycles. The molecule has 6 nitrogen and oxygen atoms in total. The fourth-order valence-electron chi connectivity index (χ4n) is 4.10. The number of thiophene rings is 1. The Hall–Kier alpha value is -3.16. The molecule has 1 aromatic heterocycles. The fourth-order valence-corrected chi connectivity index (χ4v) is 5.42. The molecule has 0 saturated heterocycles. The molecule has 0 bridgehead atoms. The van der Waals surface area contributed by atoms with Crippen molar-refractivity contribution in [3.8, 4) is 5.75 Å². The van der Waals surface area contributed by atoms with Crippen molar-refractivity contribution in [3.63, 3.8) is 0 Å². The minimum atomic E-state index is -0.410. The highest BCUT2D eigenvalue weighted by Gasteiger charge is 2.33. The highest BCUT2D eigenvalue weighted by Crippen LogP contribution is 2.40. The van der Waals surface area contributed by atoms with E-state index in [1.807, 2.05) is 18.2 Å². The van der Waals surface area contributed by atoms with E-state index in [9.17, 15) is 9.59 Å². The van der Waals surface area contributed by atoms with Gasteiger partial charge in [0, 0.05) is 18.0 Å². The van der Waals surface area contributed by atoms with Gasteiger partial charge in [-0.15, -0.1) is 11.3 Å². The van der Waals surface area contributed by atoms with Crippen LogP contribution in [-0.4, -0.2) is 29.9 Å². The normalized spacial score (nSPS) is 17.8. The van der Waals surface area contributed by atoms with Crippen LogP contribution in [-0.2, 0) is 13.0 Å². The van der Waals surface area contributed by atoms with Crippen LogP contribution in [0.5, 0.6) is 5.75 Å².